The fourth-order valence-corrected chi connectivity index (χ4v) is 3.86. The summed E-state index contributed by atoms with van der Waals surface area (Å²) in [6.07, 6.45) is 1.94. The lowest BCUT2D eigenvalue weighted by molar-refractivity contribution is 0.0394. The molecule has 0 atom stereocenters. The zero-order chi connectivity index (χ0) is 18.2. The van der Waals surface area contributed by atoms with Gasteiger partial charge in [-0.1, -0.05) is 0 Å². The Morgan fingerprint density at radius 2 is 2.24 bits per heavy atom. The Morgan fingerprint density at radius 1 is 1.48 bits per heavy atom. The number of carbonyl (C=O) groups is 1. The van der Waals surface area contributed by atoms with Crippen LogP contribution in [0.2, 0.25) is 0 Å². The van der Waals surface area contributed by atoms with Gasteiger partial charge in [0.15, 0.2) is 5.82 Å². The van der Waals surface area contributed by atoms with Crippen molar-refractivity contribution in [3.63, 3.8) is 0 Å². The van der Waals surface area contributed by atoms with Gasteiger partial charge in [0.25, 0.3) is 0 Å². The third-order valence-corrected chi connectivity index (χ3v) is 5.18. The van der Waals surface area contributed by atoms with Crippen molar-refractivity contribution in [2.45, 2.75) is 32.3 Å². The lowest BCUT2D eigenvalue weighted by Crippen LogP contribution is -2.31. The molecule has 4 N–H and O–H groups in total. The van der Waals surface area contributed by atoms with Crippen LogP contribution in [0.3, 0.4) is 0 Å². The molecule has 0 aliphatic rings. The second-order valence-corrected chi connectivity index (χ2v) is 7.89. The van der Waals surface area contributed by atoms with Gasteiger partial charge in [-0.3, -0.25) is 0 Å². The second kappa shape index (κ2) is 6.60. The van der Waals surface area contributed by atoms with E-state index < -0.39 is 11.7 Å². The minimum atomic E-state index is -0.772. The quantitative estimate of drug-likeness (QED) is 0.648. The van der Waals surface area contributed by atoms with Gasteiger partial charge in [-0.25, -0.2) is 19.3 Å². The third-order valence-electron chi connectivity index (χ3n) is 3.67. The van der Waals surface area contributed by atoms with Crippen molar-refractivity contribution >= 4 is 44.7 Å². The molecule has 3 aromatic rings. The molecule has 8 nitrogen and oxygen atoms in total. The van der Waals surface area contributed by atoms with Crippen LogP contribution in [-0.2, 0) is 11.2 Å². The summed E-state index contributed by atoms with van der Waals surface area (Å²) in [5.74, 6) is 0.397. The van der Waals surface area contributed by atoms with Gasteiger partial charge in [0.05, 0.1) is 16.4 Å². The maximum absolute atomic E-state index is 10.9. The largest absolute Gasteiger partial charge is 0.444 e. The van der Waals surface area contributed by atoms with Crippen LogP contribution >= 0.6 is 27.3 Å². The number of ether oxygens (including phenoxy) is 1. The number of aryl methyl sites for hydroxylation is 1. The molecule has 0 spiro atoms. The average molecular weight is 425 g/mol. The highest BCUT2D eigenvalue weighted by atomic mass is 79.9. The van der Waals surface area contributed by atoms with E-state index in [4.69, 9.17) is 16.2 Å². The summed E-state index contributed by atoms with van der Waals surface area (Å²) in [5, 5.41) is 7.15. The number of halogens is 1. The highest BCUT2D eigenvalue weighted by molar-refractivity contribution is 9.10. The zero-order valence-corrected chi connectivity index (χ0v) is 16.1. The molecule has 10 heteroatoms. The van der Waals surface area contributed by atoms with E-state index in [1.165, 1.54) is 17.7 Å². The maximum atomic E-state index is 10.9. The highest BCUT2D eigenvalue weighted by Crippen LogP contribution is 2.32. The first-order valence-corrected chi connectivity index (χ1v) is 9.15. The summed E-state index contributed by atoms with van der Waals surface area (Å²) in [4.78, 5) is 19.6. The van der Waals surface area contributed by atoms with Crippen LogP contribution in [0.4, 0.5) is 10.6 Å². The number of aromatic nitrogens is 4. The second-order valence-electron chi connectivity index (χ2n) is 6.09. The van der Waals surface area contributed by atoms with E-state index in [9.17, 15) is 4.79 Å². The molecule has 0 radical (unpaired) electrons. The normalized spacial score (nSPS) is 11.8. The first-order valence-electron chi connectivity index (χ1n) is 7.48. The molecular formula is C15H17BrN6O2S. The van der Waals surface area contributed by atoms with E-state index in [1.807, 2.05) is 25.3 Å². The van der Waals surface area contributed by atoms with Crippen LogP contribution in [-0.4, -0.2) is 31.3 Å². The van der Waals surface area contributed by atoms with Gasteiger partial charge in [-0.05, 0) is 42.3 Å². The maximum Gasteiger partial charge on any atom is 0.405 e. The van der Waals surface area contributed by atoms with Gasteiger partial charge < -0.3 is 16.2 Å². The van der Waals surface area contributed by atoms with Gasteiger partial charge in [-0.15, -0.1) is 11.3 Å². The van der Waals surface area contributed by atoms with Crippen molar-refractivity contribution in [1.29, 1.82) is 0 Å². The number of hydrogen-bond acceptors (Lipinski definition) is 7. The number of carbonyl (C=O) groups excluding carboxylic acids is 1. The summed E-state index contributed by atoms with van der Waals surface area (Å²) in [6.45, 7) is 3.65. The molecule has 1 amide bonds. The Bertz CT molecular complexity index is 935. The topological polar surface area (TPSA) is 121 Å². The minimum Gasteiger partial charge on any atom is -0.444 e. The molecule has 3 heterocycles. The molecule has 0 aliphatic heterocycles. The van der Waals surface area contributed by atoms with Crippen molar-refractivity contribution in [1.82, 2.24) is 19.6 Å². The number of fused-ring (bicyclic) bond motifs is 1. The van der Waals surface area contributed by atoms with Crippen LogP contribution in [0.1, 0.15) is 25.3 Å². The molecule has 0 saturated heterocycles. The summed E-state index contributed by atoms with van der Waals surface area (Å²) >= 11 is 5.03. The fraction of sp³-hybridized carbons (Fsp3) is 0.333. The minimum absolute atomic E-state index is 0.397. The Kier molecular flexibility index (Phi) is 4.65. The Labute approximate surface area is 156 Å². The van der Waals surface area contributed by atoms with Crippen molar-refractivity contribution < 1.29 is 9.53 Å². The lowest BCUT2D eigenvalue weighted by Gasteiger charge is -2.23. The zero-order valence-electron chi connectivity index (χ0n) is 13.7. The number of hydrogen-bond donors (Lipinski definition) is 2. The summed E-state index contributed by atoms with van der Waals surface area (Å²) < 4.78 is 7.62. The van der Waals surface area contributed by atoms with Crippen molar-refractivity contribution in [3.05, 3.63) is 27.3 Å². The SMILES string of the molecule is CC(C)(CCc1nc(-c2cc(Br)c3c(N)ncnn23)cs1)OC(N)=O. The summed E-state index contributed by atoms with van der Waals surface area (Å²) in [7, 11) is 0. The van der Waals surface area contributed by atoms with E-state index >= 15 is 0 Å². The van der Waals surface area contributed by atoms with E-state index in [2.05, 4.69) is 31.0 Å². The van der Waals surface area contributed by atoms with E-state index in [0.717, 1.165) is 20.9 Å². The molecule has 3 aromatic heterocycles. The van der Waals surface area contributed by atoms with Crippen molar-refractivity contribution in [2.24, 2.45) is 5.73 Å². The molecular weight excluding hydrogens is 408 g/mol. The molecule has 0 bridgehead atoms. The van der Waals surface area contributed by atoms with E-state index in [-0.39, 0.29) is 0 Å². The van der Waals surface area contributed by atoms with Gasteiger partial charge in [0.1, 0.15) is 17.4 Å². The molecule has 0 aliphatic carbocycles. The Morgan fingerprint density at radius 3 is 2.96 bits per heavy atom. The molecule has 0 saturated carbocycles. The number of primary amides is 1. The van der Waals surface area contributed by atoms with Crippen LogP contribution in [0.5, 0.6) is 0 Å². The molecule has 0 fully saturated rings. The summed E-state index contributed by atoms with van der Waals surface area (Å²) in [6, 6.07) is 1.92. The van der Waals surface area contributed by atoms with Crippen molar-refractivity contribution in [2.75, 3.05) is 5.73 Å². The standard InChI is InChI=1S/C15H17BrN6O2S/c1-15(2,24-14(18)23)4-3-11-21-9(6-25-11)10-5-8(16)12-13(17)19-7-20-22(10)12/h5-7H,3-4H2,1-2H3,(H2,18,23)(H2,17,19,20). The Hall–Kier alpha value is -2.20. The number of nitrogens with two attached hydrogens (primary N) is 2. The smallest absolute Gasteiger partial charge is 0.405 e. The van der Waals surface area contributed by atoms with E-state index in [1.54, 1.807) is 4.52 Å². The van der Waals surface area contributed by atoms with Gasteiger partial charge >= 0.3 is 6.09 Å². The van der Waals surface area contributed by atoms with Gasteiger partial charge in [0, 0.05) is 16.3 Å². The number of amides is 1. The average Bonchev–Trinajstić information content (AvgIpc) is 3.09. The predicted molar refractivity (Wildman–Crippen MR) is 99.3 cm³/mol. The predicted octanol–water partition coefficient (Wildman–Crippen LogP) is 3.00. The monoisotopic (exact) mass is 424 g/mol. The molecule has 3 rings (SSSR count). The number of rotatable bonds is 5. The first kappa shape index (κ1) is 17.6. The molecule has 25 heavy (non-hydrogen) atoms. The van der Waals surface area contributed by atoms with E-state index in [0.29, 0.717) is 24.2 Å². The molecule has 0 aromatic carbocycles. The van der Waals surface area contributed by atoms with Gasteiger partial charge in [-0.2, -0.15) is 5.10 Å². The number of anilines is 1. The first-order chi connectivity index (χ1) is 11.8. The van der Waals surface area contributed by atoms with Gasteiger partial charge in [0.2, 0.25) is 0 Å². The molecule has 132 valence electrons. The number of thiazole rings is 1. The van der Waals surface area contributed by atoms with Crippen molar-refractivity contribution in [3.8, 4) is 11.4 Å². The lowest BCUT2D eigenvalue weighted by atomic mass is 10.0. The van der Waals surface area contributed by atoms with Crippen LogP contribution < -0.4 is 11.5 Å². The summed E-state index contributed by atoms with van der Waals surface area (Å²) in [5.41, 5.74) is 12.7. The van der Waals surface area contributed by atoms with Crippen LogP contribution in [0.25, 0.3) is 16.9 Å². The molecule has 0 unspecified atom stereocenters. The highest BCUT2D eigenvalue weighted by Gasteiger charge is 2.22. The Balaban J connectivity index is 1.83. The van der Waals surface area contributed by atoms with Crippen LogP contribution in [0.15, 0.2) is 22.2 Å². The third kappa shape index (κ3) is 3.74. The number of nitrogens with zero attached hydrogens (tertiary/aromatic N) is 4. The number of nitrogen functional groups attached to an aromatic ring is 1. The van der Waals surface area contributed by atoms with Crippen LogP contribution in [0, 0.1) is 0 Å². The fourth-order valence-electron chi connectivity index (χ4n) is 2.48.